The highest BCUT2D eigenvalue weighted by Crippen LogP contribution is 2.25. The van der Waals surface area contributed by atoms with Gasteiger partial charge in [-0.15, -0.1) is 0 Å². The Kier molecular flexibility index (Phi) is 3.72. The van der Waals surface area contributed by atoms with Gasteiger partial charge in [-0.05, 0) is 18.9 Å². The fraction of sp³-hybridized carbons (Fsp3) is 0.308. The summed E-state index contributed by atoms with van der Waals surface area (Å²) in [7, 11) is 1.47. The molecule has 2 aromatic heterocycles. The van der Waals surface area contributed by atoms with Crippen LogP contribution in [0, 0.1) is 0 Å². The summed E-state index contributed by atoms with van der Waals surface area (Å²) in [5, 5.41) is 9.61. The van der Waals surface area contributed by atoms with E-state index in [-0.39, 0.29) is 17.2 Å². The van der Waals surface area contributed by atoms with Gasteiger partial charge in [-0.3, -0.25) is 19.7 Å². The Bertz CT molecular complexity index is 810. The van der Waals surface area contributed by atoms with Gasteiger partial charge in [0.25, 0.3) is 17.4 Å². The molecule has 3 heterocycles. The number of carbonyl (C=O) groups is 2. The number of amides is 2. The maximum Gasteiger partial charge on any atom is 0.277 e. The number of aromatic nitrogens is 3. The fourth-order valence-electron chi connectivity index (χ4n) is 2.07. The molecule has 1 aliphatic heterocycles. The maximum absolute atomic E-state index is 12.1. The third kappa shape index (κ3) is 2.75. The molecular formula is C13H13N5O3S. The minimum atomic E-state index is -0.472. The standard InChI is InChI=1S/C13H13N5O3S/c1-18-9(19)5-4-8(17-18)11(20)16-13-15-7-3-2-6-14-12(21)10(7)22-13/h4-5H,2-3,6H2,1H3,(H,14,21)(H,15,16,20). The summed E-state index contributed by atoms with van der Waals surface area (Å²) >= 11 is 1.14. The molecule has 0 spiro atoms. The zero-order valence-corrected chi connectivity index (χ0v) is 12.6. The zero-order valence-electron chi connectivity index (χ0n) is 11.8. The molecular weight excluding hydrogens is 306 g/mol. The first kappa shape index (κ1) is 14.4. The Hall–Kier alpha value is -2.55. The molecule has 2 amide bonds. The molecule has 0 unspecified atom stereocenters. The number of hydrogen-bond donors (Lipinski definition) is 2. The van der Waals surface area contributed by atoms with Gasteiger partial charge in [0.2, 0.25) is 0 Å². The van der Waals surface area contributed by atoms with E-state index in [0.29, 0.717) is 28.7 Å². The number of rotatable bonds is 2. The molecule has 0 aromatic carbocycles. The van der Waals surface area contributed by atoms with Gasteiger partial charge in [0.15, 0.2) is 5.13 Å². The number of aryl methyl sites for hydroxylation is 2. The molecule has 1 aliphatic rings. The average Bonchev–Trinajstić information content (AvgIpc) is 2.81. The summed E-state index contributed by atoms with van der Waals surface area (Å²) < 4.78 is 1.08. The van der Waals surface area contributed by atoms with Crippen molar-refractivity contribution in [1.82, 2.24) is 20.1 Å². The lowest BCUT2D eigenvalue weighted by molar-refractivity contribution is 0.0958. The molecule has 2 N–H and O–H groups in total. The van der Waals surface area contributed by atoms with Crippen LogP contribution in [0.25, 0.3) is 0 Å². The molecule has 8 nitrogen and oxygen atoms in total. The van der Waals surface area contributed by atoms with Crippen LogP contribution in [0.4, 0.5) is 5.13 Å². The number of thiazole rings is 1. The highest BCUT2D eigenvalue weighted by atomic mass is 32.1. The van der Waals surface area contributed by atoms with Gasteiger partial charge in [-0.25, -0.2) is 9.67 Å². The van der Waals surface area contributed by atoms with Gasteiger partial charge >= 0.3 is 0 Å². The molecule has 0 aliphatic carbocycles. The number of hydrogen-bond acceptors (Lipinski definition) is 6. The summed E-state index contributed by atoms with van der Waals surface area (Å²) in [5.41, 5.74) is 0.509. The van der Waals surface area contributed by atoms with E-state index in [9.17, 15) is 14.4 Å². The summed E-state index contributed by atoms with van der Waals surface area (Å²) in [6.07, 6.45) is 1.51. The second-order valence-corrected chi connectivity index (χ2v) is 5.79. The number of nitrogens with zero attached hydrogens (tertiary/aromatic N) is 3. The van der Waals surface area contributed by atoms with Crippen LogP contribution in [0.1, 0.15) is 32.3 Å². The van der Waals surface area contributed by atoms with Crippen molar-refractivity contribution in [2.75, 3.05) is 11.9 Å². The maximum atomic E-state index is 12.1. The van der Waals surface area contributed by atoms with E-state index in [2.05, 4.69) is 20.7 Å². The minimum absolute atomic E-state index is 0.108. The first-order valence-electron chi connectivity index (χ1n) is 6.68. The lowest BCUT2D eigenvalue weighted by atomic mass is 10.2. The van der Waals surface area contributed by atoms with Crippen molar-refractivity contribution >= 4 is 28.3 Å². The molecule has 0 atom stereocenters. The van der Waals surface area contributed by atoms with Crippen molar-refractivity contribution in [3.05, 3.63) is 38.8 Å². The van der Waals surface area contributed by atoms with Crippen LogP contribution in [0.2, 0.25) is 0 Å². The Morgan fingerprint density at radius 3 is 3.00 bits per heavy atom. The predicted octanol–water partition coefficient (Wildman–Crippen LogP) is 0.165. The zero-order chi connectivity index (χ0) is 15.7. The van der Waals surface area contributed by atoms with E-state index in [0.717, 1.165) is 22.4 Å². The Morgan fingerprint density at radius 1 is 1.41 bits per heavy atom. The van der Waals surface area contributed by atoms with Crippen molar-refractivity contribution in [1.29, 1.82) is 0 Å². The van der Waals surface area contributed by atoms with Crippen LogP contribution < -0.4 is 16.2 Å². The van der Waals surface area contributed by atoms with E-state index in [1.165, 1.54) is 19.2 Å². The van der Waals surface area contributed by atoms with Crippen LogP contribution in [0.15, 0.2) is 16.9 Å². The molecule has 0 fully saturated rings. The normalized spacial score (nSPS) is 14.0. The lowest BCUT2D eigenvalue weighted by Gasteiger charge is -2.02. The van der Waals surface area contributed by atoms with Gasteiger partial charge in [0.1, 0.15) is 10.6 Å². The summed E-state index contributed by atoms with van der Waals surface area (Å²) in [6.45, 7) is 0.631. The van der Waals surface area contributed by atoms with E-state index in [1.807, 2.05) is 0 Å². The van der Waals surface area contributed by atoms with Crippen LogP contribution in [-0.2, 0) is 13.5 Å². The molecule has 0 radical (unpaired) electrons. The largest absolute Gasteiger partial charge is 0.351 e. The molecule has 0 saturated heterocycles. The van der Waals surface area contributed by atoms with Gasteiger partial charge in [0.05, 0.1) is 5.69 Å². The van der Waals surface area contributed by atoms with Crippen LogP contribution in [0.5, 0.6) is 0 Å². The minimum Gasteiger partial charge on any atom is -0.351 e. The summed E-state index contributed by atoms with van der Waals surface area (Å²) in [6, 6.07) is 2.62. The second-order valence-electron chi connectivity index (χ2n) is 4.79. The van der Waals surface area contributed by atoms with Crippen LogP contribution in [-0.4, -0.2) is 33.1 Å². The fourth-order valence-corrected chi connectivity index (χ4v) is 3.00. The molecule has 3 rings (SSSR count). The molecule has 9 heteroatoms. The SMILES string of the molecule is Cn1nc(C(=O)Nc2nc3c(s2)C(=O)NCCC3)ccc1=O. The molecule has 22 heavy (non-hydrogen) atoms. The monoisotopic (exact) mass is 319 g/mol. The van der Waals surface area contributed by atoms with E-state index >= 15 is 0 Å². The third-order valence-electron chi connectivity index (χ3n) is 3.19. The smallest absolute Gasteiger partial charge is 0.277 e. The summed E-state index contributed by atoms with van der Waals surface area (Å²) in [5.74, 6) is -0.634. The van der Waals surface area contributed by atoms with E-state index < -0.39 is 5.91 Å². The van der Waals surface area contributed by atoms with Crippen LogP contribution >= 0.6 is 11.3 Å². The molecule has 0 bridgehead atoms. The van der Waals surface area contributed by atoms with Crippen LogP contribution in [0.3, 0.4) is 0 Å². The Morgan fingerprint density at radius 2 is 2.23 bits per heavy atom. The Balaban J connectivity index is 1.82. The average molecular weight is 319 g/mol. The predicted molar refractivity (Wildman–Crippen MR) is 80.2 cm³/mol. The van der Waals surface area contributed by atoms with Gasteiger partial charge in [0, 0.05) is 19.7 Å². The molecule has 0 saturated carbocycles. The number of carbonyl (C=O) groups excluding carboxylic acids is 2. The summed E-state index contributed by atoms with van der Waals surface area (Å²) in [4.78, 5) is 40.1. The third-order valence-corrected chi connectivity index (χ3v) is 4.20. The lowest BCUT2D eigenvalue weighted by Crippen LogP contribution is -2.23. The highest BCUT2D eigenvalue weighted by Gasteiger charge is 2.21. The number of nitrogens with one attached hydrogen (secondary N) is 2. The van der Waals surface area contributed by atoms with Crippen molar-refractivity contribution in [3.63, 3.8) is 0 Å². The molecule has 2 aromatic rings. The van der Waals surface area contributed by atoms with Crippen molar-refractivity contribution in [3.8, 4) is 0 Å². The van der Waals surface area contributed by atoms with E-state index in [4.69, 9.17) is 0 Å². The van der Waals surface area contributed by atoms with E-state index in [1.54, 1.807) is 0 Å². The molecule has 114 valence electrons. The van der Waals surface area contributed by atoms with Gasteiger partial charge < -0.3 is 5.32 Å². The van der Waals surface area contributed by atoms with Gasteiger partial charge in [-0.2, -0.15) is 5.10 Å². The van der Waals surface area contributed by atoms with Crippen molar-refractivity contribution in [2.45, 2.75) is 12.8 Å². The number of anilines is 1. The second kappa shape index (κ2) is 5.68. The first-order valence-corrected chi connectivity index (χ1v) is 7.50. The first-order chi connectivity index (χ1) is 10.5. The van der Waals surface area contributed by atoms with Crippen molar-refractivity contribution in [2.24, 2.45) is 7.05 Å². The Labute approximate surface area is 129 Å². The van der Waals surface area contributed by atoms with Gasteiger partial charge in [-0.1, -0.05) is 11.3 Å². The van der Waals surface area contributed by atoms with Crippen molar-refractivity contribution < 1.29 is 9.59 Å². The highest BCUT2D eigenvalue weighted by molar-refractivity contribution is 7.17. The number of fused-ring (bicyclic) bond motifs is 1. The topological polar surface area (TPSA) is 106 Å². The quantitative estimate of drug-likeness (QED) is 0.820.